The summed E-state index contributed by atoms with van der Waals surface area (Å²) in [5.41, 5.74) is 0.694. The number of carbonyl (C=O) groups is 1. The topological polar surface area (TPSA) is 108 Å². The van der Waals surface area contributed by atoms with Crippen molar-refractivity contribution in [1.82, 2.24) is 15.4 Å². The summed E-state index contributed by atoms with van der Waals surface area (Å²) in [6, 6.07) is 5.16. The lowest BCUT2D eigenvalue weighted by Gasteiger charge is -2.16. The minimum absolute atomic E-state index is 0.00304. The van der Waals surface area contributed by atoms with Crippen molar-refractivity contribution in [2.45, 2.75) is 13.2 Å². The first-order chi connectivity index (χ1) is 15.4. The summed E-state index contributed by atoms with van der Waals surface area (Å²) in [5.74, 6) is -3.82. The van der Waals surface area contributed by atoms with Gasteiger partial charge in [-0.1, -0.05) is 0 Å². The molecule has 3 aromatic rings. The molecule has 0 radical (unpaired) electrons. The Hall–Kier alpha value is -2.68. The number of hydroxylamine groups is 1. The third-order valence-corrected chi connectivity index (χ3v) is 4.80. The van der Waals surface area contributed by atoms with Gasteiger partial charge in [0, 0.05) is 21.5 Å². The van der Waals surface area contributed by atoms with Crippen LogP contribution in [0.2, 0.25) is 0 Å². The van der Waals surface area contributed by atoms with Crippen molar-refractivity contribution >= 4 is 39.9 Å². The number of rotatable bonds is 10. The van der Waals surface area contributed by atoms with Gasteiger partial charge in [0.1, 0.15) is 18.2 Å². The molecule has 3 rings (SSSR count). The van der Waals surface area contributed by atoms with E-state index in [0.29, 0.717) is 9.39 Å². The monoisotopic (exact) mass is 562 g/mol. The number of anilines is 2. The molecule has 4 N–H and O–H groups in total. The number of aliphatic hydroxyl groups is 1. The highest BCUT2D eigenvalue weighted by Crippen LogP contribution is 2.31. The summed E-state index contributed by atoms with van der Waals surface area (Å²) in [4.78, 5) is 24.1. The predicted molar refractivity (Wildman–Crippen MR) is 116 cm³/mol. The first-order valence-corrected chi connectivity index (χ1v) is 10.3. The van der Waals surface area contributed by atoms with Crippen molar-refractivity contribution in [2.75, 3.05) is 18.5 Å². The van der Waals surface area contributed by atoms with Gasteiger partial charge in [0.2, 0.25) is 0 Å². The number of aromatic amines is 1. The van der Waals surface area contributed by atoms with Crippen LogP contribution in [-0.4, -0.2) is 34.2 Å². The molecule has 0 aliphatic rings. The zero-order valence-electron chi connectivity index (χ0n) is 16.4. The maximum absolute atomic E-state index is 15.0. The molecule has 32 heavy (non-hydrogen) atoms. The van der Waals surface area contributed by atoms with Gasteiger partial charge in [-0.15, -0.1) is 0 Å². The number of amides is 1. The fraction of sp³-hybridized carbons (Fsp3) is 0.200. The summed E-state index contributed by atoms with van der Waals surface area (Å²) in [6.45, 7) is -0.950. The molecular formula is C20H18F3IN4O4. The van der Waals surface area contributed by atoms with Crippen LogP contribution in [0.4, 0.5) is 24.5 Å². The van der Waals surface area contributed by atoms with E-state index in [1.54, 1.807) is 12.3 Å². The summed E-state index contributed by atoms with van der Waals surface area (Å²) in [5, 5.41) is 11.2. The van der Waals surface area contributed by atoms with Gasteiger partial charge in [-0.05, 0) is 46.9 Å². The number of hydrogen-bond donors (Lipinski definition) is 4. The van der Waals surface area contributed by atoms with Gasteiger partial charge in [-0.25, -0.2) is 23.6 Å². The number of carbonyl (C=O) groups excluding carboxylic acids is 1. The van der Waals surface area contributed by atoms with E-state index in [9.17, 15) is 18.0 Å². The number of benzene rings is 2. The van der Waals surface area contributed by atoms with E-state index in [2.05, 4.69) is 15.3 Å². The Bertz CT molecular complexity index is 1080. The third kappa shape index (κ3) is 5.97. The molecule has 0 unspecified atom stereocenters. The van der Waals surface area contributed by atoms with E-state index >= 15 is 0 Å². The minimum Gasteiger partial charge on any atom is -0.394 e. The lowest BCUT2D eigenvalue weighted by Crippen LogP contribution is -2.26. The fourth-order valence-corrected chi connectivity index (χ4v) is 3.12. The predicted octanol–water partition coefficient (Wildman–Crippen LogP) is 3.55. The molecular weight excluding hydrogens is 544 g/mol. The summed E-state index contributed by atoms with van der Waals surface area (Å²) in [6.07, 6.45) is 3.09. The van der Waals surface area contributed by atoms with Crippen LogP contribution in [-0.2, 0) is 22.8 Å². The average Bonchev–Trinajstić information content (AvgIpc) is 3.28. The molecule has 0 aliphatic carbocycles. The second-order valence-corrected chi connectivity index (χ2v) is 7.61. The number of aromatic nitrogens is 2. The third-order valence-electron chi connectivity index (χ3n) is 4.13. The molecule has 1 aromatic heterocycles. The van der Waals surface area contributed by atoms with Gasteiger partial charge in [0.05, 0.1) is 36.8 Å². The van der Waals surface area contributed by atoms with Crippen LogP contribution in [0.15, 0.2) is 36.7 Å². The second kappa shape index (κ2) is 11.3. The Morgan fingerprint density at radius 1 is 1.19 bits per heavy atom. The number of nitrogens with zero attached hydrogens (tertiary/aromatic N) is 1. The first-order valence-electron chi connectivity index (χ1n) is 9.22. The average molecular weight is 562 g/mol. The van der Waals surface area contributed by atoms with Crippen LogP contribution >= 0.6 is 22.6 Å². The van der Waals surface area contributed by atoms with Crippen LogP contribution in [0.5, 0.6) is 0 Å². The lowest BCUT2D eigenvalue weighted by atomic mass is 10.1. The molecule has 0 spiro atoms. The zero-order valence-corrected chi connectivity index (χ0v) is 18.6. The van der Waals surface area contributed by atoms with Crippen molar-refractivity contribution in [1.29, 1.82) is 0 Å². The Kier molecular flexibility index (Phi) is 8.44. The van der Waals surface area contributed by atoms with E-state index in [1.807, 2.05) is 28.1 Å². The van der Waals surface area contributed by atoms with Gasteiger partial charge < -0.3 is 20.1 Å². The lowest BCUT2D eigenvalue weighted by molar-refractivity contribution is 0.0168. The van der Waals surface area contributed by atoms with Crippen LogP contribution in [0, 0.1) is 21.0 Å². The molecule has 2 aromatic carbocycles. The van der Waals surface area contributed by atoms with Gasteiger partial charge in [0.25, 0.3) is 5.91 Å². The fourth-order valence-electron chi connectivity index (χ4n) is 2.66. The van der Waals surface area contributed by atoms with Crippen molar-refractivity contribution in [3.63, 3.8) is 0 Å². The molecule has 8 nitrogen and oxygen atoms in total. The van der Waals surface area contributed by atoms with E-state index in [4.69, 9.17) is 14.7 Å². The van der Waals surface area contributed by atoms with Crippen molar-refractivity contribution < 1.29 is 32.6 Å². The highest BCUT2D eigenvalue weighted by Gasteiger charge is 2.24. The number of nitrogens with one attached hydrogen (secondary N) is 3. The SMILES string of the molecule is O=C(NOCCO)c1cc(COCc2ncc[nH]2)c(F)c(F)c1Nc1ccc(I)cc1F. The first kappa shape index (κ1) is 24.0. The molecule has 0 bridgehead atoms. The molecule has 0 atom stereocenters. The summed E-state index contributed by atoms with van der Waals surface area (Å²) < 4.78 is 49.9. The molecule has 1 heterocycles. The summed E-state index contributed by atoms with van der Waals surface area (Å²) in [7, 11) is 0. The van der Waals surface area contributed by atoms with Crippen LogP contribution in [0.25, 0.3) is 0 Å². The molecule has 1 amide bonds. The quantitative estimate of drug-likeness (QED) is 0.171. The molecule has 12 heteroatoms. The van der Waals surface area contributed by atoms with E-state index in [-0.39, 0.29) is 43.2 Å². The van der Waals surface area contributed by atoms with Gasteiger partial charge in [0.15, 0.2) is 11.6 Å². The molecule has 0 fully saturated rings. The molecule has 0 saturated heterocycles. The minimum atomic E-state index is -1.39. The van der Waals surface area contributed by atoms with Crippen LogP contribution < -0.4 is 10.8 Å². The number of hydrogen-bond acceptors (Lipinski definition) is 6. The van der Waals surface area contributed by atoms with Crippen molar-refractivity contribution in [3.8, 4) is 0 Å². The smallest absolute Gasteiger partial charge is 0.277 e. The van der Waals surface area contributed by atoms with E-state index in [1.165, 1.54) is 18.3 Å². The van der Waals surface area contributed by atoms with Crippen molar-refractivity contribution in [3.05, 3.63) is 74.6 Å². The maximum atomic E-state index is 15.0. The number of aliphatic hydroxyl groups excluding tert-OH is 1. The molecule has 0 aliphatic heterocycles. The Morgan fingerprint density at radius 3 is 2.69 bits per heavy atom. The number of ether oxygens (including phenoxy) is 1. The van der Waals surface area contributed by atoms with E-state index in [0.717, 1.165) is 6.07 Å². The molecule has 170 valence electrons. The van der Waals surface area contributed by atoms with Crippen molar-refractivity contribution in [2.24, 2.45) is 0 Å². The van der Waals surface area contributed by atoms with Gasteiger partial charge >= 0.3 is 0 Å². The van der Waals surface area contributed by atoms with Crippen LogP contribution in [0.3, 0.4) is 0 Å². The summed E-state index contributed by atoms with van der Waals surface area (Å²) >= 11 is 1.90. The standard InChI is InChI=1S/C20H18F3IN4O4/c21-14-8-12(24)1-2-15(14)27-19-13(20(30)28-32-6-5-29)7-11(17(22)18(19)23)9-31-10-16-25-3-4-26-16/h1-4,7-8,27,29H,5-6,9-10H2,(H,25,26)(H,28,30). The van der Waals surface area contributed by atoms with Crippen LogP contribution in [0.1, 0.15) is 21.7 Å². The number of H-pyrrole nitrogens is 1. The Balaban J connectivity index is 1.92. The van der Waals surface area contributed by atoms with Gasteiger partial charge in [-0.2, -0.15) is 0 Å². The largest absolute Gasteiger partial charge is 0.394 e. The second-order valence-electron chi connectivity index (χ2n) is 6.37. The number of imidazole rings is 1. The van der Waals surface area contributed by atoms with E-state index < -0.39 is 29.0 Å². The zero-order chi connectivity index (χ0) is 23.1. The normalized spacial score (nSPS) is 10.9. The maximum Gasteiger partial charge on any atom is 0.277 e. The Labute approximate surface area is 194 Å². The Morgan fingerprint density at radius 2 is 2.00 bits per heavy atom. The van der Waals surface area contributed by atoms with Gasteiger partial charge in [-0.3, -0.25) is 9.63 Å². The highest BCUT2D eigenvalue weighted by atomic mass is 127. The number of halogens is 4. The highest BCUT2D eigenvalue weighted by molar-refractivity contribution is 14.1. The molecule has 0 saturated carbocycles.